The topological polar surface area (TPSA) is 93.8 Å². The van der Waals surface area contributed by atoms with Crippen molar-refractivity contribution in [2.45, 2.75) is 6.92 Å². The number of benzene rings is 2. The molecule has 9 heteroatoms. The summed E-state index contributed by atoms with van der Waals surface area (Å²) in [5, 5.41) is 15.2. The van der Waals surface area contributed by atoms with Crippen molar-refractivity contribution in [3.63, 3.8) is 0 Å². The molecule has 0 atom stereocenters. The van der Waals surface area contributed by atoms with Crippen LogP contribution in [0.4, 0.5) is 5.69 Å². The Labute approximate surface area is 169 Å². The lowest BCUT2D eigenvalue weighted by molar-refractivity contribution is -0.384. The lowest BCUT2D eigenvalue weighted by Crippen LogP contribution is -2.25. The van der Waals surface area contributed by atoms with Crippen molar-refractivity contribution in [3.8, 4) is 5.75 Å². The second-order valence-corrected chi connectivity index (χ2v) is 6.63. The third kappa shape index (κ3) is 6.84. The van der Waals surface area contributed by atoms with E-state index >= 15 is 0 Å². The number of ether oxygens (including phenoxy) is 1. The molecule has 1 amide bonds. The molecule has 0 bridgehead atoms. The standard InChI is InChI=1S/C18H15BrClN3O4/c1-12(5-6-13-3-2-4-15(9-13)23(25)26)21-22-18(24)11-27-17-8-7-14(20)10-16(17)19/h2-10H,11H2,1H3,(H,22,24)/b6-5+,21-12+. The van der Waals surface area contributed by atoms with E-state index in [0.717, 1.165) is 0 Å². The Hall–Kier alpha value is -2.71. The largest absolute Gasteiger partial charge is 0.483 e. The second kappa shape index (κ2) is 9.84. The first-order chi connectivity index (χ1) is 12.8. The molecule has 0 saturated carbocycles. The fourth-order valence-corrected chi connectivity index (χ4v) is 2.71. The Kier molecular flexibility index (Phi) is 7.51. The molecule has 0 heterocycles. The van der Waals surface area contributed by atoms with Crippen molar-refractivity contribution in [2.75, 3.05) is 6.61 Å². The van der Waals surface area contributed by atoms with Crippen LogP contribution in [0.5, 0.6) is 5.75 Å². The number of hydrogen-bond acceptors (Lipinski definition) is 5. The summed E-state index contributed by atoms with van der Waals surface area (Å²) in [5.74, 6) is 0.0563. The van der Waals surface area contributed by atoms with E-state index in [1.165, 1.54) is 12.1 Å². The molecule has 1 N–H and O–H groups in total. The Morgan fingerprint density at radius 2 is 2.15 bits per heavy atom. The molecule has 0 fully saturated rings. The van der Waals surface area contributed by atoms with E-state index in [2.05, 4.69) is 26.5 Å². The summed E-state index contributed by atoms with van der Waals surface area (Å²) >= 11 is 9.14. The molecule has 0 aliphatic heterocycles. The molecule has 2 aromatic rings. The monoisotopic (exact) mass is 451 g/mol. The number of carbonyl (C=O) groups excluding carboxylic acids is 1. The number of amides is 1. The van der Waals surface area contributed by atoms with E-state index in [4.69, 9.17) is 16.3 Å². The third-order valence-electron chi connectivity index (χ3n) is 3.21. The molecule has 7 nitrogen and oxygen atoms in total. The molecular formula is C18H15BrClN3O4. The zero-order valence-electron chi connectivity index (χ0n) is 14.2. The van der Waals surface area contributed by atoms with Gasteiger partial charge < -0.3 is 4.74 Å². The average molecular weight is 453 g/mol. The number of nitrogens with one attached hydrogen (secondary N) is 1. The van der Waals surface area contributed by atoms with E-state index in [9.17, 15) is 14.9 Å². The number of allylic oxidation sites excluding steroid dienone is 1. The molecule has 0 unspecified atom stereocenters. The van der Waals surface area contributed by atoms with E-state index in [1.807, 2.05) is 0 Å². The second-order valence-electron chi connectivity index (χ2n) is 5.34. The fraction of sp³-hybridized carbons (Fsp3) is 0.111. The maximum atomic E-state index is 11.8. The third-order valence-corrected chi connectivity index (χ3v) is 4.06. The molecular weight excluding hydrogens is 438 g/mol. The van der Waals surface area contributed by atoms with Gasteiger partial charge in [-0.2, -0.15) is 5.10 Å². The molecule has 0 spiro atoms. The molecule has 27 heavy (non-hydrogen) atoms. The van der Waals surface area contributed by atoms with Crippen LogP contribution in [0.1, 0.15) is 12.5 Å². The molecule has 0 saturated heterocycles. The van der Waals surface area contributed by atoms with Crippen LogP contribution in [0.2, 0.25) is 5.02 Å². The molecule has 0 aromatic heterocycles. The molecule has 0 radical (unpaired) electrons. The zero-order valence-corrected chi connectivity index (χ0v) is 16.5. The first kappa shape index (κ1) is 20.6. The number of hydrogen-bond donors (Lipinski definition) is 1. The predicted molar refractivity (Wildman–Crippen MR) is 108 cm³/mol. The van der Waals surface area contributed by atoms with Gasteiger partial charge in [0.05, 0.1) is 15.1 Å². The highest BCUT2D eigenvalue weighted by atomic mass is 79.9. The maximum Gasteiger partial charge on any atom is 0.277 e. The van der Waals surface area contributed by atoms with E-state index < -0.39 is 10.8 Å². The smallest absolute Gasteiger partial charge is 0.277 e. The van der Waals surface area contributed by atoms with Crippen molar-refractivity contribution >= 4 is 50.9 Å². The number of carbonyl (C=O) groups is 1. The summed E-state index contributed by atoms with van der Waals surface area (Å²) in [7, 11) is 0. The van der Waals surface area contributed by atoms with Gasteiger partial charge >= 0.3 is 0 Å². The van der Waals surface area contributed by atoms with Crippen molar-refractivity contribution in [1.82, 2.24) is 5.43 Å². The normalized spacial score (nSPS) is 11.4. The Balaban J connectivity index is 1.88. The first-order valence-electron chi connectivity index (χ1n) is 7.68. The summed E-state index contributed by atoms with van der Waals surface area (Å²) < 4.78 is 6.02. The molecule has 2 aromatic carbocycles. The van der Waals surface area contributed by atoms with E-state index in [0.29, 0.717) is 26.5 Å². The molecule has 140 valence electrons. The lowest BCUT2D eigenvalue weighted by Gasteiger charge is -2.07. The number of non-ortho nitro benzene ring substituents is 1. The molecule has 2 rings (SSSR count). The van der Waals surface area contributed by atoms with Crippen LogP contribution in [0.15, 0.2) is 58.1 Å². The van der Waals surface area contributed by atoms with Gasteiger partial charge in [0, 0.05) is 17.2 Å². The van der Waals surface area contributed by atoms with Crippen molar-refractivity contribution in [1.29, 1.82) is 0 Å². The van der Waals surface area contributed by atoms with E-state index in [1.54, 1.807) is 49.4 Å². The minimum Gasteiger partial charge on any atom is -0.483 e. The van der Waals surface area contributed by atoms with Crippen LogP contribution in [0.3, 0.4) is 0 Å². The quantitative estimate of drug-likeness (QED) is 0.377. The SMILES string of the molecule is CC(/C=C/c1cccc([N+](=O)[O-])c1)=N\NC(=O)COc1ccc(Cl)cc1Br. The fourth-order valence-electron chi connectivity index (χ4n) is 1.91. The van der Waals surface area contributed by atoms with Crippen molar-refractivity contribution in [2.24, 2.45) is 5.10 Å². The van der Waals surface area contributed by atoms with Crippen molar-refractivity contribution < 1.29 is 14.5 Å². The van der Waals surface area contributed by atoms with Gasteiger partial charge in [0.25, 0.3) is 11.6 Å². The number of nitrogens with zero attached hydrogens (tertiary/aromatic N) is 2. The Morgan fingerprint density at radius 1 is 1.37 bits per heavy atom. The highest BCUT2D eigenvalue weighted by Gasteiger charge is 2.06. The average Bonchev–Trinajstić information content (AvgIpc) is 2.64. The van der Waals surface area contributed by atoms with Gasteiger partial charge in [-0.25, -0.2) is 5.43 Å². The Morgan fingerprint density at radius 3 is 2.85 bits per heavy atom. The summed E-state index contributed by atoms with van der Waals surface area (Å²) in [5.41, 5.74) is 3.55. The minimum absolute atomic E-state index is 0.00514. The van der Waals surface area contributed by atoms with Crippen LogP contribution in [0.25, 0.3) is 6.08 Å². The highest BCUT2D eigenvalue weighted by Crippen LogP contribution is 2.27. The highest BCUT2D eigenvalue weighted by molar-refractivity contribution is 9.10. The van der Waals surface area contributed by atoms with Gasteiger partial charge in [-0.15, -0.1) is 0 Å². The predicted octanol–water partition coefficient (Wildman–Crippen LogP) is 4.60. The van der Waals surface area contributed by atoms with Gasteiger partial charge in [-0.1, -0.05) is 29.8 Å². The number of nitro benzene ring substituents is 1. The van der Waals surface area contributed by atoms with Crippen LogP contribution >= 0.6 is 27.5 Å². The van der Waals surface area contributed by atoms with Crippen LogP contribution in [0, 0.1) is 10.1 Å². The summed E-state index contributed by atoms with van der Waals surface area (Å²) in [6.45, 7) is 1.47. The zero-order chi connectivity index (χ0) is 19.8. The van der Waals surface area contributed by atoms with Gasteiger partial charge in [-0.05, 0) is 52.7 Å². The maximum absolute atomic E-state index is 11.8. The van der Waals surface area contributed by atoms with Crippen LogP contribution < -0.4 is 10.2 Å². The number of hydrazone groups is 1. The van der Waals surface area contributed by atoms with Gasteiger partial charge in [0.1, 0.15) is 5.75 Å². The molecule has 0 aliphatic rings. The van der Waals surface area contributed by atoms with Gasteiger partial charge in [-0.3, -0.25) is 14.9 Å². The van der Waals surface area contributed by atoms with Gasteiger partial charge in [0.2, 0.25) is 0 Å². The Bertz CT molecular complexity index is 915. The number of nitro groups is 1. The van der Waals surface area contributed by atoms with Gasteiger partial charge in [0.15, 0.2) is 6.61 Å². The van der Waals surface area contributed by atoms with E-state index in [-0.39, 0.29) is 12.3 Å². The lowest BCUT2D eigenvalue weighted by atomic mass is 10.2. The molecule has 0 aliphatic carbocycles. The van der Waals surface area contributed by atoms with Crippen LogP contribution in [-0.2, 0) is 4.79 Å². The number of halogens is 2. The minimum atomic E-state index is -0.461. The first-order valence-corrected chi connectivity index (χ1v) is 8.86. The van der Waals surface area contributed by atoms with Crippen molar-refractivity contribution in [3.05, 3.63) is 73.7 Å². The number of rotatable bonds is 7. The summed E-state index contributed by atoms with van der Waals surface area (Å²) in [6.07, 6.45) is 3.30. The summed E-state index contributed by atoms with van der Waals surface area (Å²) in [6, 6.07) is 11.1. The summed E-state index contributed by atoms with van der Waals surface area (Å²) in [4.78, 5) is 22.1. The van der Waals surface area contributed by atoms with Crippen LogP contribution in [-0.4, -0.2) is 23.1 Å².